The Labute approximate surface area is 272 Å². The summed E-state index contributed by atoms with van der Waals surface area (Å²) in [6.07, 6.45) is -1.88. The topological polar surface area (TPSA) is 129 Å². The third-order valence-electron chi connectivity index (χ3n) is 8.34. The molecule has 4 heterocycles. The van der Waals surface area contributed by atoms with Crippen molar-refractivity contribution >= 4 is 23.4 Å². The summed E-state index contributed by atoms with van der Waals surface area (Å²) in [4.78, 5) is 31.2. The number of nitrogens with zero attached hydrogens (tertiary/aromatic N) is 7. The second-order valence-corrected chi connectivity index (χ2v) is 12.9. The largest absolute Gasteiger partial charge is 0.483 e. The number of hydrogen-bond donors (Lipinski definition) is 1. The van der Waals surface area contributed by atoms with Gasteiger partial charge in [0.2, 0.25) is 5.95 Å². The highest BCUT2D eigenvalue weighted by molar-refractivity contribution is 5.68. The van der Waals surface area contributed by atoms with E-state index in [-0.39, 0.29) is 48.2 Å². The highest BCUT2D eigenvalue weighted by atomic mass is 19.1. The number of piperazine rings is 1. The van der Waals surface area contributed by atoms with Gasteiger partial charge in [-0.2, -0.15) is 10.2 Å². The summed E-state index contributed by atoms with van der Waals surface area (Å²) in [5, 5.41) is 13.0. The van der Waals surface area contributed by atoms with E-state index in [1.807, 2.05) is 30.3 Å². The number of likely N-dealkylation sites (tertiary alicyclic amines) is 1. The average molecular weight is 649 g/mol. The van der Waals surface area contributed by atoms with Gasteiger partial charge >= 0.3 is 6.09 Å². The van der Waals surface area contributed by atoms with Gasteiger partial charge in [-0.15, -0.1) is 0 Å². The monoisotopic (exact) mass is 648 g/mol. The first-order valence-corrected chi connectivity index (χ1v) is 15.7. The molecule has 3 saturated heterocycles. The number of carbonyl (C=O) groups excluding carboxylic acids is 1. The van der Waals surface area contributed by atoms with Crippen LogP contribution in [0.4, 0.5) is 30.9 Å². The van der Waals surface area contributed by atoms with Crippen LogP contribution < -0.4 is 15.0 Å². The minimum absolute atomic E-state index is 0.100. The van der Waals surface area contributed by atoms with E-state index in [4.69, 9.17) is 14.2 Å². The van der Waals surface area contributed by atoms with Crippen LogP contribution in [0.1, 0.15) is 32.8 Å². The highest BCUT2D eigenvalue weighted by Gasteiger charge is 2.36. The first kappa shape index (κ1) is 32.3. The van der Waals surface area contributed by atoms with Crippen molar-refractivity contribution in [3.63, 3.8) is 0 Å². The molecule has 1 aromatic heterocycles. The summed E-state index contributed by atoms with van der Waals surface area (Å²) < 4.78 is 46.8. The zero-order valence-corrected chi connectivity index (χ0v) is 26.7. The molecular weight excluding hydrogens is 610 g/mol. The molecule has 0 spiro atoms. The number of benzene rings is 2. The Morgan fingerprint density at radius 2 is 1.83 bits per heavy atom. The number of carbonyl (C=O) groups is 1. The van der Waals surface area contributed by atoms with Crippen molar-refractivity contribution in [1.82, 2.24) is 24.8 Å². The number of aromatic nitrogens is 3. The molecule has 12 nitrogen and oxygen atoms in total. The van der Waals surface area contributed by atoms with Crippen molar-refractivity contribution < 1.29 is 27.8 Å². The maximum absolute atomic E-state index is 15.4. The number of alkyl halides is 1. The van der Waals surface area contributed by atoms with Crippen molar-refractivity contribution in [2.45, 2.75) is 51.1 Å². The molecule has 0 unspecified atom stereocenters. The van der Waals surface area contributed by atoms with Crippen molar-refractivity contribution in [3.05, 3.63) is 54.1 Å². The first-order valence-electron chi connectivity index (χ1n) is 15.7. The van der Waals surface area contributed by atoms with E-state index in [2.05, 4.69) is 30.1 Å². The molecule has 1 amide bonds. The van der Waals surface area contributed by atoms with Gasteiger partial charge in [0.25, 0.3) is 0 Å². The number of piperidine rings is 1. The molecule has 3 aliphatic rings. The molecule has 6 rings (SSSR count). The van der Waals surface area contributed by atoms with Crippen LogP contribution in [-0.2, 0) is 9.47 Å². The number of hydrogen-bond acceptors (Lipinski definition) is 11. The van der Waals surface area contributed by atoms with Crippen LogP contribution in [0.5, 0.6) is 5.75 Å². The van der Waals surface area contributed by atoms with Gasteiger partial charge in [0, 0.05) is 56.1 Å². The maximum Gasteiger partial charge on any atom is 0.410 e. The minimum atomic E-state index is -1.61. The molecule has 3 aliphatic heterocycles. The number of amides is 1. The van der Waals surface area contributed by atoms with Crippen LogP contribution in [0.25, 0.3) is 11.4 Å². The number of halogens is 2. The fourth-order valence-electron chi connectivity index (χ4n) is 5.74. The summed E-state index contributed by atoms with van der Waals surface area (Å²) >= 11 is 0. The molecule has 14 heteroatoms. The number of nitriles is 1. The maximum atomic E-state index is 15.4. The minimum Gasteiger partial charge on any atom is -0.483 e. The molecule has 0 saturated carbocycles. The average Bonchev–Trinajstić information content (AvgIpc) is 3.02. The van der Waals surface area contributed by atoms with Gasteiger partial charge < -0.3 is 29.3 Å². The molecular formula is C33H38F2N8O4. The zero-order valence-electron chi connectivity index (χ0n) is 26.7. The molecule has 0 aliphatic carbocycles. The highest BCUT2D eigenvalue weighted by Crippen LogP contribution is 2.32. The quantitative estimate of drug-likeness (QED) is 0.388. The van der Waals surface area contributed by atoms with E-state index >= 15 is 8.78 Å². The predicted molar refractivity (Wildman–Crippen MR) is 170 cm³/mol. The first-order chi connectivity index (χ1) is 22.6. The Kier molecular flexibility index (Phi) is 9.38. The van der Waals surface area contributed by atoms with Crippen LogP contribution in [0.15, 0.2) is 42.7 Å². The van der Waals surface area contributed by atoms with Crippen molar-refractivity contribution in [3.8, 4) is 23.2 Å². The Morgan fingerprint density at radius 3 is 2.47 bits per heavy atom. The van der Waals surface area contributed by atoms with Crippen molar-refractivity contribution in [2.24, 2.45) is 0 Å². The number of rotatable bonds is 7. The van der Waals surface area contributed by atoms with Gasteiger partial charge in [0.1, 0.15) is 24.1 Å². The summed E-state index contributed by atoms with van der Waals surface area (Å²) in [6, 6.07) is 13.0. The van der Waals surface area contributed by atoms with Gasteiger partial charge in [-0.25, -0.2) is 23.5 Å². The Morgan fingerprint density at radius 1 is 1.09 bits per heavy atom. The summed E-state index contributed by atoms with van der Waals surface area (Å²) in [7, 11) is 0. The van der Waals surface area contributed by atoms with E-state index in [1.54, 1.807) is 20.8 Å². The van der Waals surface area contributed by atoms with E-state index in [0.29, 0.717) is 6.04 Å². The Hall–Kier alpha value is -4.61. The van der Waals surface area contributed by atoms with Gasteiger partial charge in [-0.1, -0.05) is 0 Å². The lowest BCUT2D eigenvalue weighted by atomic mass is 10.0. The second kappa shape index (κ2) is 13.6. The third-order valence-corrected chi connectivity index (χ3v) is 8.34. The van der Waals surface area contributed by atoms with Crippen molar-refractivity contribution in [1.29, 1.82) is 5.26 Å². The molecule has 0 bridgehead atoms. The lowest BCUT2D eigenvalue weighted by Gasteiger charge is -2.43. The molecule has 2 aromatic carbocycles. The molecule has 2 atom stereocenters. The smallest absolute Gasteiger partial charge is 0.410 e. The summed E-state index contributed by atoms with van der Waals surface area (Å²) in [6.45, 7) is 10.7. The lowest BCUT2D eigenvalue weighted by Crippen LogP contribution is -2.56. The van der Waals surface area contributed by atoms with Crippen LogP contribution >= 0.6 is 0 Å². The van der Waals surface area contributed by atoms with Crippen molar-refractivity contribution in [2.75, 3.05) is 62.7 Å². The van der Waals surface area contributed by atoms with Crippen LogP contribution in [-0.4, -0.2) is 107 Å². The van der Waals surface area contributed by atoms with E-state index < -0.39 is 29.8 Å². The normalized spacial score (nSPS) is 20.7. The third kappa shape index (κ3) is 7.69. The lowest BCUT2D eigenvalue weighted by molar-refractivity contribution is -0.0660. The van der Waals surface area contributed by atoms with Crippen LogP contribution in [0, 0.1) is 17.1 Å². The summed E-state index contributed by atoms with van der Waals surface area (Å²) in [5.74, 6) is -0.825. The number of nitrogens with one attached hydrogen (secondary N) is 1. The molecule has 3 aromatic rings. The number of ether oxygens (including phenoxy) is 3. The van der Waals surface area contributed by atoms with E-state index in [0.717, 1.165) is 56.8 Å². The van der Waals surface area contributed by atoms with Gasteiger partial charge in [0.15, 0.2) is 23.6 Å². The Balaban J connectivity index is 1.09. The SMILES string of the molecule is CC(C)(C)OC(=O)N1CC[C@H](Oc2c(F)cc(-c3ncnc(Nc4ccc(N5CCN(C6COC6)CC5)cc4)n3)cc2C#N)[C@H](F)C1. The van der Waals surface area contributed by atoms with E-state index in [1.165, 1.54) is 17.3 Å². The standard InChI is InChI=1S/C33H38F2N8O4/c1-33(2,3)47-32(44)43-9-8-28(27(35)17-43)46-29-22(16-36)14-21(15-26(29)34)30-37-20-38-31(40-30)39-23-4-6-24(7-5-23)41-10-12-42(13-11-41)25-18-45-19-25/h4-7,14-15,20,25,27-28H,8-13,17-19H2,1-3H3,(H,37,38,39,40)/t27-,28+/m1/s1. The van der Waals surface area contributed by atoms with Crippen LogP contribution in [0.2, 0.25) is 0 Å². The van der Waals surface area contributed by atoms with E-state index in [9.17, 15) is 10.1 Å². The van der Waals surface area contributed by atoms with Crippen LogP contribution in [0.3, 0.4) is 0 Å². The van der Waals surface area contributed by atoms with Gasteiger partial charge in [-0.05, 0) is 57.2 Å². The number of anilines is 3. The molecule has 0 radical (unpaired) electrons. The fourth-order valence-corrected chi connectivity index (χ4v) is 5.74. The molecule has 47 heavy (non-hydrogen) atoms. The van der Waals surface area contributed by atoms with Gasteiger partial charge in [0.05, 0.1) is 31.4 Å². The van der Waals surface area contributed by atoms with Gasteiger partial charge in [-0.3, -0.25) is 4.90 Å². The molecule has 1 N–H and O–H groups in total. The second-order valence-electron chi connectivity index (χ2n) is 12.9. The summed E-state index contributed by atoms with van der Waals surface area (Å²) in [5.41, 5.74) is 1.28. The zero-order chi connectivity index (χ0) is 33.1. The molecule has 3 fully saturated rings. The predicted octanol–water partition coefficient (Wildman–Crippen LogP) is 4.54. The molecule has 248 valence electrons. The fraction of sp³-hybridized carbons (Fsp3) is 0.485. The Bertz CT molecular complexity index is 1620.